The number of hydrogen-bond donors (Lipinski definition) is 1. The molecule has 1 saturated heterocycles. The molecule has 0 aliphatic carbocycles. The highest BCUT2D eigenvalue weighted by atomic mass is 79.9. The summed E-state index contributed by atoms with van der Waals surface area (Å²) >= 11 is 3.38. The zero-order chi connectivity index (χ0) is 12.3. The summed E-state index contributed by atoms with van der Waals surface area (Å²) in [4.78, 5) is 12.0. The van der Waals surface area contributed by atoms with Gasteiger partial charge in [0.25, 0.3) is 5.91 Å². The third kappa shape index (κ3) is 3.07. The Labute approximate surface area is 110 Å². The number of halogens is 1. The van der Waals surface area contributed by atoms with Crippen LogP contribution < -0.4 is 5.32 Å². The van der Waals surface area contributed by atoms with Gasteiger partial charge >= 0.3 is 0 Å². The van der Waals surface area contributed by atoms with E-state index in [1.54, 1.807) is 0 Å². The van der Waals surface area contributed by atoms with Crippen LogP contribution in [0.5, 0.6) is 0 Å². The van der Waals surface area contributed by atoms with Crippen LogP contribution in [-0.4, -0.2) is 24.7 Å². The molecule has 1 amide bonds. The first-order valence-electron chi connectivity index (χ1n) is 5.85. The Hall–Kier alpha value is -0.870. The van der Waals surface area contributed by atoms with Gasteiger partial charge in [-0.2, -0.15) is 0 Å². The summed E-state index contributed by atoms with van der Waals surface area (Å²) in [6, 6.07) is 7.48. The number of amides is 1. The smallest absolute Gasteiger partial charge is 0.252 e. The molecular weight excluding hydrogens is 282 g/mol. The topological polar surface area (TPSA) is 38.3 Å². The van der Waals surface area contributed by atoms with E-state index < -0.39 is 0 Å². The first-order valence-corrected chi connectivity index (χ1v) is 6.65. The molecule has 0 bridgehead atoms. The Balaban J connectivity index is 1.99. The SMILES string of the molecule is C[C@@H](NC(=O)c1ccccc1Br)[C@@H]1CCCO1. The zero-order valence-corrected chi connectivity index (χ0v) is 11.4. The second-order valence-electron chi connectivity index (χ2n) is 4.29. The van der Waals surface area contributed by atoms with Gasteiger partial charge in [0.1, 0.15) is 0 Å². The van der Waals surface area contributed by atoms with Gasteiger partial charge in [-0.25, -0.2) is 0 Å². The minimum Gasteiger partial charge on any atom is -0.376 e. The summed E-state index contributed by atoms with van der Waals surface area (Å²) in [7, 11) is 0. The molecule has 1 heterocycles. The van der Waals surface area contributed by atoms with Crippen molar-refractivity contribution < 1.29 is 9.53 Å². The van der Waals surface area contributed by atoms with Crippen LogP contribution in [0.3, 0.4) is 0 Å². The fourth-order valence-electron chi connectivity index (χ4n) is 2.02. The minimum atomic E-state index is -0.0551. The van der Waals surface area contributed by atoms with E-state index in [-0.39, 0.29) is 18.1 Å². The zero-order valence-electron chi connectivity index (χ0n) is 9.78. The lowest BCUT2D eigenvalue weighted by Gasteiger charge is -2.20. The Kier molecular flexibility index (Phi) is 4.18. The largest absolute Gasteiger partial charge is 0.376 e. The van der Waals surface area contributed by atoms with E-state index in [1.165, 1.54) is 0 Å². The van der Waals surface area contributed by atoms with Crippen LogP contribution in [0.1, 0.15) is 30.1 Å². The summed E-state index contributed by atoms with van der Waals surface area (Å²) in [5, 5.41) is 2.99. The van der Waals surface area contributed by atoms with Gasteiger partial charge in [0.05, 0.1) is 17.7 Å². The number of nitrogens with one attached hydrogen (secondary N) is 1. The Morgan fingerprint density at radius 3 is 2.94 bits per heavy atom. The van der Waals surface area contributed by atoms with Crippen LogP contribution in [0.15, 0.2) is 28.7 Å². The fourth-order valence-corrected chi connectivity index (χ4v) is 2.48. The van der Waals surface area contributed by atoms with E-state index >= 15 is 0 Å². The van der Waals surface area contributed by atoms with Crippen LogP contribution in [0.25, 0.3) is 0 Å². The second-order valence-corrected chi connectivity index (χ2v) is 5.15. The maximum Gasteiger partial charge on any atom is 0.252 e. The lowest BCUT2D eigenvalue weighted by atomic mass is 10.1. The lowest BCUT2D eigenvalue weighted by molar-refractivity contribution is 0.0712. The number of rotatable bonds is 3. The number of hydrogen-bond acceptors (Lipinski definition) is 2. The summed E-state index contributed by atoms with van der Waals surface area (Å²) in [5.41, 5.74) is 0.664. The van der Waals surface area contributed by atoms with Gasteiger partial charge in [-0.3, -0.25) is 4.79 Å². The van der Waals surface area contributed by atoms with Gasteiger partial charge in [0.15, 0.2) is 0 Å². The molecule has 1 aliphatic rings. The molecule has 1 aromatic carbocycles. The monoisotopic (exact) mass is 297 g/mol. The van der Waals surface area contributed by atoms with Crippen molar-refractivity contribution in [1.82, 2.24) is 5.32 Å². The van der Waals surface area contributed by atoms with Crippen molar-refractivity contribution in [2.24, 2.45) is 0 Å². The maximum atomic E-state index is 12.0. The summed E-state index contributed by atoms with van der Waals surface area (Å²) < 4.78 is 6.37. The van der Waals surface area contributed by atoms with E-state index in [9.17, 15) is 4.79 Å². The lowest BCUT2D eigenvalue weighted by Crippen LogP contribution is -2.40. The van der Waals surface area contributed by atoms with Crippen molar-refractivity contribution in [3.05, 3.63) is 34.3 Å². The summed E-state index contributed by atoms with van der Waals surface area (Å²) in [5.74, 6) is -0.0551. The standard InChI is InChI=1S/C13H16BrNO2/c1-9(12-7-4-8-17-12)15-13(16)10-5-2-3-6-11(10)14/h2-3,5-6,9,12H,4,7-8H2,1H3,(H,15,16)/t9-,12+/m1/s1. The van der Waals surface area contributed by atoms with Gasteiger partial charge in [0, 0.05) is 11.1 Å². The maximum absolute atomic E-state index is 12.0. The number of ether oxygens (including phenoxy) is 1. The Morgan fingerprint density at radius 2 is 2.29 bits per heavy atom. The van der Waals surface area contributed by atoms with Crippen LogP contribution in [0, 0.1) is 0 Å². The molecule has 3 nitrogen and oxygen atoms in total. The molecule has 1 aromatic rings. The van der Waals surface area contributed by atoms with Crippen LogP contribution >= 0.6 is 15.9 Å². The highest BCUT2D eigenvalue weighted by Crippen LogP contribution is 2.18. The van der Waals surface area contributed by atoms with Gasteiger partial charge in [0.2, 0.25) is 0 Å². The Bertz CT molecular complexity index is 402. The number of carbonyl (C=O) groups excluding carboxylic acids is 1. The molecule has 2 rings (SSSR count). The van der Waals surface area contributed by atoms with Crippen molar-refractivity contribution in [2.75, 3.05) is 6.61 Å². The van der Waals surface area contributed by atoms with E-state index in [0.29, 0.717) is 5.56 Å². The predicted octanol–water partition coefficient (Wildman–Crippen LogP) is 2.75. The molecule has 0 radical (unpaired) electrons. The molecule has 4 heteroatoms. The van der Waals surface area contributed by atoms with E-state index in [0.717, 1.165) is 23.9 Å². The van der Waals surface area contributed by atoms with Gasteiger partial charge in [-0.15, -0.1) is 0 Å². The highest BCUT2D eigenvalue weighted by molar-refractivity contribution is 9.10. The first kappa shape index (κ1) is 12.6. The van der Waals surface area contributed by atoms with E-state index in [1.807, 2.05) is 31.2 Å². The third-order valence-electron chi connectivity index (χ3n) is 3.00. The predicted molar refractivity (Wildman–Crippen MR) is 70.0 cm³/mol. The molecule has 0 aromatic heterocycles. The van der Waals surface area contributed by atoms with E-state index in [4.69, 9.17) is 4.74 Å². The van der Waals surface area contributed by atoms with Crippen LogP contribution in [0.4, 0.5) is 0 Å². The molecule has 92 valence electrons. The molecule has 0 unspecified atom stereocenters. The van der Waals surface area contributed by atoms with Gasteiger partial charge in [-0.1, -0.05) is 12.1 Å². The third-order valence-corrected chi connectivity index (χ3v) is 3.69. The molecule has 1 fully saturated rings. The Morgan fingerprint density at radius 1 is 1.53 bits per heavy atom. The molecule has 2 atom stereocenters. The van der Waals surface area contributed by atoms with Crippen molar-refractivity contribution in [2.45, 2.75) is 31.9 Å². The molecule has 0 saturated carbocycles. The van der Waals surface area contributed by atoms with E-state index in [2.05, 4.69) is 21.2 Å². The first-order chi connectivity index (χ1) is 8.18. The van der Waals surface area contributed by atoms with Crippen LogP contribution in [-0.2, 0) is 4.74 Å². The fraction of sp³-hybridized carbons (Fsp3) is 0.462. The second kappa shape index (κ2) is 5.65. The van der Waals surface area contributed by atoms with Gasteiger partial charge < -0.3 is 10.1 Å². The van der Waals surface area contributed by atoms with Gasteiger partial charge in [-0.05, 0) is 47.8 Å². The van der Waals surface area contributed by atoms with Crippen molar-refractivity contribution in [3.8, 4) is 0 Å². The number of benzene rings is 1. The molecular formula is C13H16BrNO2. The van der Waals surface area contributed by atoms with Crippen molar-refractivity contribution in [3.63, 3.8) is 0 Å². The molecule has 0 spiro atoms. The van der Waals surface area contributed by atoms with Crippen molar-refractivity contribution in [1.29, 1.82) is 0 Å². The highest BCUT2D eigenvalue weighted by Gasteiger charge is 2.24. The molecule has 1 N–H and O–H groups in total. The summed E-state index contributed by atoms with van der Waals surface area (Å²) in [6.07, 6.45) is 2.26. The number of carbonyl (C=O) groups is 1. The average molecular weight is 298 g/mol. The molecule has 17 heavy (non-hydrogen) atoms. The molecule has 1 aliphatic heterocycles. The average Bonchev–Trinajstić information content (AvgIpc) is 2.82. The minimum absolute atomic E-state index is 0.0529. The summed E-state index contributed by atoms with van der Waals surface area (Å²) in [6.45, 7) is 2.80. The normalized spacial score (nSPS) is 21.2. The quantitative estimate of drug-likeness (QED) is 0.932. The van der Waals surface area contributed by atoms with Crippen LogP contribution in [0.2, 0.25) is 0 Å². The van der Waals surface area contributed by atoms with Crippen molar-refractivity contribution >= 4 is 21.8 Å².